The van der Waals surface area contributed by atoms with E-state index >= 15 is 0 Å². The highest BCUT2D eigenvalue weighted by atomic mass is 16.6. The van der Waals surface area contributed by atoms with Gasteiger partial charge < -0.3 is 9.72 Å². The van der Waals surface area contributed by atoms with Crippen LogP contribution in [-0.2, 0) is 0 Å². The van der Waals surface area contributed by atoms with E-state index in [9.17, 15) is 10.1 Å². The van der Waals surface area contributed by atoms with E-state index in [2.05, 4.69) is 4.98 Å². The number of hydrogen-bond donors (Lipinski definition) is 1. The Bertz CT molecular complexity index is 761. The number of non-ortho nitro benzene ring substituents is 1. The van der Waals surface area contributed by atoms with Crippen LogP contribution in [0.4, 0.5) is 5.69 Å². The second-order valence-electron chi connectivity index (χ2n) is 4.00. The number of H-pyrrole nitrogens is 1. The molecule has 2 aromatic carbocycles. The molecule has 90 valence electrons. The van der Waals surface area contributed by atoms with Crippen LogP contribution >= 0.6 is 0 Å². The minimum Gasteiger partial charge on any atom is -0.494 e. The van der Waals surface area contributed by atoms with Gasteiger partial charge >= 0.3 is 0 Å². The first-order valence-corrected chi connectivity index (χ1v) is 5.43. The normalized spacial score (nSPS) is 10.9. The first-order valence-electron chi connectivity index (χ1n) is 5.43. The van der Waals surface area contributed by atoms with Gasteiger partial charge in [-0.3, -0.25) is 10.1 Å². The molecular formula is C13H10N2O3. The van der Waals surface area contributed by atoms with Crippen LogP contribution in [0.3, 0.4) is 0 Å². The van der Waals surface area contributed by atoms with Gasteiger partial charge in [0.15, 0.2) is 0 Å². The molecule has 0 fully saturated rings. The van der Waals surface area contributed by atoms with Crippen LogP contribution in [0.25, 0.3) is 21.8 Å². The number of fused-ring (bicyclic) bond motifs is 3. The maximum Gasteiger partial charge on any atom is 0.273 e. The number of rotatable bonds is 2. The van der Waals surface area contributed by atoms with Crippen molar-refractivity contribution in [2.24, 2.45) is 0 Å². The number of methoxy groups -OCH3 is 1. The quantitative estimate of drug-likeness (QED) is 0.554. The van der Waals surface area contributed by atoms with Crippen molar-refractivity contribution < 1.29 is 9.66 Å². The van der Waals surface area contributed by atoms with Crippen LogP contribution in [0, 0.1) is 10.1 Å². The number of aromatic amines is 1. The van der Waals surface area contributed by atoms with Crippen molar-refractivity contribution in [3.05, 3.63) is 46.5 Å². The van der Waals surface area contributed by atoms with Crippen LogP contribution in [-0.4, -0.2) is 17.0 Å². The molecular weight excluding hydrogens is 232 g/mol. The number of nitrogens with one attached hydrogen (secondary N) is 1. The predicted octanol–water partition coefficient (Wildman–Crippen LogP) is 3.24. The lowest BCUT2D eigenvalue weighted by Gasteiger charge is -2.01. The van der Waals surface area contributed by atoms with Crippen LogP contribution in [0.1, 0.15) is 0 Å². The van der Waals surface area contributed by atoms with E-state index in [4.69, 9.17) is 4.74 Å². The minimum atomic E-state index is -0.413. The number of ether oxygens (including phenoxy) is 1. The van der Waals surface area contributed by atoms with Crippen LogP contribution < -0.4 is 4.74 Å². The van der Waals surface area contributed by atoms with Crippen molar-refractivity contribution in [3.63, 3.8) is 0 Å². The molecule has 0 atom stereocenters. The highest BCUT2D eigenvalue weighted by Crippen LogP contribution is 2.35. The molecule has 1 heterocycles. The van der Waals surface area contributed by atoms with Crippen molar-refractivity contribution in [1.82, 2.24) is 4.98 Å². The second kappa shape index (κ2) is 3.73. The molecule has 3 rings (SSSR count). The average Bonchev–Trinajstić information content (AvgIpc) is 2.76. The summed E-state index contributed by atoms with van der Waals surface area (Å²) in [7, 11) is 1.50. The Kier molecular flexibility index (Phi) is 2.19. The molecule has 0 aliphatic rings. The minimum absolute atomic E-state index is 0.0316. The number of para-hydroxylation sites is 1. The zero-order chi connectivity index (χ0) is 12.7. The van der Waals surface area contributed by atoms with E-state index in [1.54, 1.807) is 6.07 Å². The van der Waals surface area contributed by atoms with Gasteiger partial charge in [0.1, 0.15) is 5.75 Å². The molecule has 5 nitrogen and oxygen atoms in total. The smallest absolute Gasteiger partial charge is 0.273 e. The number of hydrogen-bond acceptors (Lipinski definition) is 3. The molecule has 0 aliphatic heterocycles. The molecule has 0 aliphatic carbocycles. The van der Waals surface area contributed by atoms with E-state index in [-0.39, 0.29) is 5.69 Å². The molecule has 0 bridgehead atoms. The van der Waals surface area contributed by atoms with Gasteiger partial charge in [-0.1, -0.05) is 18.2 Å². The van der Waals surface area contributed by atoms with Gasteiger partial charge in [0, 0.05) is 22.4 Å². The number of aromatic nitrogens is 1. The summed E-state index contributed by atoms with van der Waals surface area (Å²) in [4.78, 5) is 13.7. The molecule has 0 saturated carbocycles. The van der Waals surface area contributed by atoms with Gasteiger partial charge in [-0.2, -0.15) is 0 Å². The summed E-state index contributed by atoms with van der Waals surface area (Å²) in [5.74, 6) is 0.482. The van der Waals surface area contributed by atoms with Gasteiger partial charge in [-0.25, -0.2) is 0 Å². The van der Waals surface area contributed by atoms with E-state index in [1.807, 2.05) is 24.3 Å². The Balaban J connectivity index is 2.48. The number of nitrogens with zero attached hydrogens (tertiary/aromatic N) is 1. The van der Waals surface area contributed by atoms with Crippen LogP contribution in [0.15, 0.2) is 36.4 Å². The topological polar surface area (TPSA) is 68.2 Å². The van der Waals surface area contributed by atoms with Gasteiger partial charge in [0.2, 0.25) is 0 Å². The number of nitro groups is 1. The fourth-order valence-corrected chi connectivity index (χ4v) is 2.17. The molecule has 1 N–H and O–H groups in total. The molecule has 1 aromatic heterocycles. The summed E-state index contributed by atoms with van der Waals surface area (Å²) >= 11 is 0. The molecule has 0 saturated heterocycles. The Hall–Kier alpha value is -2.56. The van der Waals surface area contributed by atoms with Gasteiger partial charge in [-0.05, 0) is 6.07 Å². The number of benzene rings is 2. The second-order valence-corrected chi connectivity index (χ2v) is 4.00. The Morgan fingerprint density at radius 1 is 1.22 bits per heavy atom. The van der Waals surface area contributed by atoms with E-state index in [1.165, 1.54) is 13.2 Å². The zero-order valence-corrected chi connectivity index (χ0v) is 9.64. The van der Waals surface area contributed by atoms with Gasteiger partial charge in [0.25, 0.3) is 5.69 Å². The Labute approximate surface area is 102 Å². The molecule has 0 amide bonds. The first-order chi connectivity index (χ1) is 8.70. The molecule has 18 heavy (non-hydrogen) atoms. The zero-order valence-electron chi connectivity index (χ0n) is 9.64. The van der Waals surface area contributed by atoms with Crippen molar-refractivity contribution in [1.29, 1.82) is 0 Å². The number of nitro benzene ring substituents is 1. The molecule has 0 radical (unpaired) electrons. The Morgan fingerprint density at radius 2 is 2.00 bits per heavy atom. The lowest BCUT2D eigenvalue weighted by atomic mass is 10.1. The highest BCUT2D eigenvalue weighted by molar-refractivity contribution is 6.10. The molecule has 0 spiro atoms. The maximum atomic E-state index is 10.9. The van der Waals surface area contributed by atoms with Crippen LogP contribution in [0.2, 0.25) is 0 Å². The third kappa shape index (κ3) is 1.41. The van der Waals surface area contributed by atoms with E-state index in [0.717, 1.165) is 21.8 Å². The fraction of sp³-hybridized carbons (Fsp3) is 0.0769. The Morgan fingerprint density at radius 3 is 2.72 bits per heavy atom. The summed E-state index contributed by atoms with van der Waals surface area (Å²) in [6, 6.07) is 10.7. The summed E-state index contributed by atoms with van der Waals surface area (Å²) in [6.45, 7) is 0. The van der Waals surface area contributed by atoms with Crippen molar-refractivity contribution in [3.8, 4) is 5.75 Å². The lowest BCUT2D eigenvalue weighted by molar-refractivity contribution is -0.384. The first kappa shape index (κ1) is 10.6. The summed E-state index contributed by atoms with van der Waals surface area (Å²) in [5.41, 5.74) is 1.75. The van der Waals surface area contributed by atoms with Crippen molar-refractivity contribution in [2.75, 3.05) is 7.11 Å². The summed E-state index contributed by atoms with van der Waals surface area (Å²) in [5, 5.41) is 12.7. The van der Waals surface area contributed by atoms with E-state index in [0.29, 0.717) is 5.75 Å². The fourth-order valence-electron chi connectivity index (χ4n) is 2.17. The monoisotopic (exact) mass is 242 g/mol. The van der Waals surface area contributed by atoms with Crippen molar-refractivity contribution >= 4 is 27.5 Å². The maximum absolute atomic E-state index is 10.9. The molecule has 3 aromatic rings. The largest absolute Gasteiger partial charge is 0.494 e. The highest BCUT2D eigenvalue weighted by Gasteiger charge is 2.15. The third-order valence-corrected chi connectivity index (χ3v) is 2.99. The van der Waals surface area contributed by atoms with Crippen molar-refractivity contribution in [2.45, 2.75) is 0 Å². The predicted molar refractivity (Wildman–Crippen MR) is 69.0 cm³/mol. The SMILES string of the molecule is COc1cc([N+](=O)[O-])cc2c1[nH]c1ccccc12. The summed E-state index contributed by atoms with van der Waals surface area (Å²) in [6.07, 6.45) is 0. The van der Waals surface area contributed by atoms with E-state index < -0.39 is 4.92 Å². The third-order valence-electron chi connectivity index (χ3n) is 2.99. The molecule has 5 heteroatoms. The average molecular weight is 242 g/mol. The van der Waals surface area contributed by atoms with Gasteiger partial charge in [-0.15, -0.1) is 0 Å². The molecule has 0 unspecified atom stereocenters. The van der Waals surface area contributed by atoms with Gasteiger partial charge in [0.05, 0.1) is 23.6 Å². The summed E-state index contributed by atoms with van der Waals surface area (Å²) < 4.78 is 5.21. The standard InChI is InChI=1S/C13H10N2O3/c1-18-12-7-8(15(16)17)6-10-9-4-2-3-5-11(9)14-13(10)12/h2-7,14H,1H3. The van der Waals surface area contributed by atoms with Crippen LogP contribution in [0.5, 0.6) is 5.75 Å². The lowest BCUT2D eigenvalue weighted by Crippen LogP contribution is -1.90.